The maximum atomic E-state index is 11.2. The third-order valence-electron chi connectivity index (χ3n) is 2.77. The van der Waals surface area contributed by atoms with Gasteiger partial charge >= 0.3 is 5.97 Å². The summed E-state index contributed by atoms with van der Waals surface area (Å²) >= 11 is 0. The molecule has 1 rings (SSSR count). The second-order valence-corrected chi connectivity index (χ2v) is 3.80. The maximum absolute atomic E-state index is 11.2. The van der Waals surface area contributed by atoms with Gasteiger partial charge in [0.2, 0.25) is 5.91 Å². The Kier molecular flexibility index (Phi) is 4.55. The molecule has 0 unspecified atom stereocenters. The molecule has 15 heavy (non-hydrogen) atoms. The van der Waals surface area contributed by atoms with Gasteiger partial charge in [-0.3, -0.25) is 9.59 Å². The number of nitrogens with one attached hydrogen (secondary N) is 1. The number of carbonyl (C=O) groups is 2. The number of rotatable bonds is 3. The number of hydrogen-bond acceptors (Lipinski definition) is 4. The normalized spacial score (nSPS) is 25.7. The van der Waals surface area contributed by atoms with E-state index in [0.29, 0.717) is 0 Å². The first-order valence-electron chi connectivity index (χ1n) is 5.15. The Bertz CT molecular complexity index is 234. The van der Waals surface area contributed by atoms with Crippen LogP contribution in [0.4, 0.5) is 0 Å². The van der Waals surface area contributed by atoms with Crippen molar-refractivity contribution in [3.63, 3.8) is 0 Å². The Morgan fingerprint density at radius 1 is 1.33 bits per heavy atom. The standard InChI is InChI=1S/C10H17NO4/c1-15-10(14)7-2-4-8(5-3-7)11-9(13)6-12/h7-8,12H,2-6H2,1H3,(H,11,13). The zero-order chi connectivity index (χ0) is 11.3. The van der Waals surface area contributed by atoms with Crippen LogP contribution < -0.4 is 5.32 Å². The van der Waals surface area contributed by atoms with Gasteiger partial charge in [0.1, 0.15) is 6.61 Å². The van der Waals surface area contributed by atoms with Crippen LogP contribution in [0.2, 0.25) is 0 Å². The van der Waals surface area contributed by atoms with E-state index in [9.17, 15) is 9.59 Å². The lowest BCUT2D eigenvalue weighted by Gasteiger charge is -2.27. The van der Waals surface area contributed by atoms with Crippen molar-refractivity contribution in [2.45, 2.75) is 31.7 Å². The van der Waals surface area contributed by atoms with E-state index >= 15 is 0 Å². The summed E-state index contributed by atoms with van der Waals surface area (Å²) in [6.45, 7) is -0.475. The van der Waals surface area contributed by atoms with Crippen LogP contribution in [-0.2, 0) is 14.3 Å². The minimum atomic E-state index is -0.475. The summed E-state index contributed by atoms with van der Waals surface area (Å²) in [7, 11) is 1.39. The van der Waals surface area contributed by atoms with Gasteiger partial charge in [0.25, 0.3) is 0 Å². The van der Waals surface area contributed by atoms with Crippen LogP contribution in [-0.4, -0.2) is 36.7 Å². The van der Waals surface area contributed by atoms with Crippen LogP contribution in [0, 0.1) is 5.92 Å². The predicted molar refractivity (Wildman–Crippen MR) is 53.0 cm³/mol. The second-order valence-electron chi connectivity index (χ2n) is 3.80. The molecule has 1 aliphatic carbocycles. The predicted octanol–water partition coefficient (Wildman–Crippen LogP) is -0.173. The van der Waals surface area contributed by atoms with Gasteiger partial charge in [-0.1, -0.05) is 0 Å². The number of ether oxygens (including phenoxy) is 1. The largest absolute Gasteiger partial charge is 0.469 e. The lowest BCUT2D eigenvalue weighted by atomic mass is 9.86. The second kappa shape index (κ2) is 5.70. The van der Waals surface area contributed by atoms with Gasteiger partial charge in [-0.2, -0.15) is 0 Å². The molecule has 1 saturated carbocycles. The minimum absolute atomic E-state index is 0.0303. The molecule has 0 aliphatic heterocycles. The lowest BCUT2D eigenvalue weighted by molar-refractivity contribution is -0.146. The molecule has 0 aromatic heterocycles. The third kappa shape index (κ3) is 3.51. The molecule has 0 atom stereocenters. The quantitative estimate of drug-likeness (QED) is 0.641. The summed E-state index contributed by atoms with van der Waals surface area (Å²) in [6.07, 6.45) is 3.02. The number of aliphatic hydroxyl groups is 1. The van der Waals surface area contributed by atoms with Gasteiger partial charge in [0.05, 0.1) is 13.0 Å². The van der Waals surface area contributed by atoms with Crippen LogP contribution in [0.25, 0.3) is 0 Å². The molecule has 5 heteroatoms. The number of carbonyl (C=O) groups excluding carboxylic acids is 2. The Morgan fingerprint density at radius 3 is 2.40 bits per heavy atom. The van der Waals surface area contributed by atoms with Crippen LogP contribution in [0.3, 0.4) is 0 Å². The van der Waals surface area contributed by atoms with E-state index in [4.69, 9.17) is 5.11 Å². The van der Waals surface area contributed by atoms with Crippen molar-refractivity contribution in [2.24, 2.45) is 5.92 Å². The zero-order valence-corrected chi connectivity index (χ0v) is 8.86. The monoisotopic (exact) mass is 215 g/mol. The summed E-state index contributed by atoms with van der Waals surface area (Å²) in [5, 5.41) is 11.3. The molecule has 0 radical (unpaired) electrons. The molecular weight excluding hydrogens is 198 g/mol. The van der Waals surface area contributed by atoms with Crippen molar-refractivity contribution < 1.29 is 19.4 Å². The van der Waals surface area contributed by atoms with E-state index < -0.39 is 6.61 Å². The Labute approximate surface area is 88.8 Å². The summed E-state index contributed by atoms with van der Waals surface area (Å²) in [4.78, 5) is 22.1. The maximum Gasteiger partial charge on any atom is 0.308 e. The fraction of sp³-hybridized carbons (Fsp3) is 0.800. The molecule has 1 fully saturated rings. The van der Waals surface area contributed by atoms with Crippen molar-refractivity contribution in [3.05, 3.63) is 0 Å². The Morgan fingerprint density at radius 2 is 1.93 bits per heavy atom. The minimum Gasteiger partial charge on any atom is -0.469 e. The first-order chi connectivity index (χ1) is 7.17. The summed E-state index contributed by atoms with van der Waals surface area (Å²) in [5.41, 5.74) is 0. The lowest BCUT2D eigenvalue weighted by Crippen LogP contribution is -2.40. The fourth-order valence-corrected chi connectivity index (χ4v) is 1.91. The van der Waals surface area contributed by atoms with Crippen molar-refractivity contribution >= 4 is 11.9 Å². The van der Waals surface area contributed by atoms with Gasteiger partial charge in [0, 0.05) is 6.04 Å². The highest BCUT2D eigenvalue weighted by Crippen LogP contribution is 2.25. The molecule has 5 nitrogen and oxygen atoms in total. The van der Waals surface area contributed by atoms with Gasteiger partial charge in [-0.25, -0.2) is 0 Å². The number of amides is 1. The first kappa shape index (κ1) is 12.0. The van der Waals surface area contributed by atoms with E-state index in [1.165, 1.54) is 7.11 Å². The van der Waals surface area contributed by atoms with E-state index in [1.807, 2.05) is 0 Å². The van der Waals surface area contributed by atoms with E-state index in [-0.39, 0.29) is 23.8 Å². The molecule has 2 N–H and O–H groups in total. The van der Waals surface area contributed by atoms with Crippen molar-refractivity contribution in [1.82, 2.24) is 5.32 Å². The molecule has 86 valence electrons. The van der Waals surface area contributed by atoms with Crippen LogP contribution in [0.1, 0.15) is 25.7 Å². The summed E-state index contributed by atoms with van der Waals surface area (Å²) in [5.74, 6) is -0.546. The molecule has 0 bridgehead atoms. The molecule has 1 aliphatic rings. The average Bonchev–Trinajstić information content (AvgIpc) is 2.29. The number of methoxy groups -OCH3 is 1. The van der Waals surface area contributed by atoms with Gasteiger partial charge in [0.15, 0.2) is 0 Å². The summed E-state index contributed by atoms with van der Waals surface area (Å²) < 4.78 is 4.66. The van der Waals surface area contributed by atoms with Crippen LogP contribution in [0.15, 0.2) is 0 Å². The third-order valence-corrected chi connectivity index (χ3v) is 2.77. The van der Waals surface area contributed by atoms with Crippen molar-refractivity contribution in [1.29, 1.82) is 0 Å². The molecule has 0 heterocycles. The highest BCUT2D eigenvalue weighted by Gasteiger charge is 2.27. The number of esters is 1. The van der Waals surface area contributed by atoms with Crippen molar-refractivity contribution in [3.8, 4) is 0 Å². The van der Waals surface area contributed by atoms with Crippen molar-refractivity contribution in [2.75, 3.05) is 13.7 Å². The topological polar surface area (TPSA) is 75.6 Å². The highest BCUT2D eigenvalue weighted by molar-refractivity contribution is 5.77. The van der Waals surface area contributed by atoms with Gasteiger partial charge in [-0.15, -0.1) is 0 Å². The first-order valence-corrected chi connectivity index (χ1v) is 5.15. The number of hydrogen-bond donors (Lipinski definition) is 2. The Balaban J connectivity index is 2.29. The SMILES string of the molecule is COC(=O)C1CCC(NC(=O)CO)CC1. The van der Waals surface area contributed by atoms with E-state index in [0.717, 1.165) is 25.7 Å². The Hall–Kier alpha value is -1.10. The molecule has 0 aromatic rings. The van der Waals surface area contributed by atoms with E-state index in [1.54, 1.807) is 0 Å². The van der Waals surface area contributed by atoms with Crippen LogP contribution in [0.5, 0.6) is 0 Å². The summed E-state index contributed by atoms with van der Waals surface area (Å²) in [6, 6.07) is 0.0885. The molecular formula is C10H17NO4. The average molecular weight is 215 g/mol. The highest BCUT2D eigenvalue weighted by atomic mass is 16.5. The molecule has 0 aromatic carbocycles. The smallest absolute Gasteiger partial charge is 0.308 e. The fourth-order valence-electron chi connectivity index (χ4n) is 1.91. The zero-order valence-electron chi connectivity index (χ0n) is 8.86. The molecule has 0 spiro atoms. The van der Waals surface area contributed by atoms with E-state index in [2.05, 4.69) is 10.1 Å². The van der Waals surface area contributed by atoms with Crippen LogP contribution >= 0.6 is 0 Å². The van der Waals surface area contributed by atoms with Gasteiger partial charge < -0.3 is 15.2 Å². The number of aliphatic hydroxyl groups excluding tert-OH is 1. The molecule has 1 amide bonds. The molecule has 0 saturated heterocycles. The van der Waals surface area contributed by atoms with Gasteiger partial charge in [-0.05, 0) is 25.7 Å².